The third kappa shape index (κ3) is 5.35. The van der Waals surface area contributed by atoms with E-state index in [1.807, 2.05) is 46.7 Å². The fraction of sp³-hybridized carbons (Fsp3) is 0.156. The standard InChI is InChI=1S/C32H26ClN5O4S/c1-3-42-31(41)26-27(20-14-16-22(33)17-15-20)37-24(25-19(2)36-38(30(25)40)23-12-8-5-9-13-23)18-43-32(37)35-28(26)34-29(39)21-10-6-4-7-11-21/h4-18,25,27H,3H2,1-2H3,(H,34,39). The van der Waals surface area contributed by atoms with Gasteiger partial charge in [0.2, 0.25) is 0 Å². The number of hydrazone groups is 1. The molecule has 0 saturated heterocycles. The molecule has 3 heterocycles. The van der Waals surface area contributed by atoms with Crippen LogP contribution in [-0.4, -0.2) is 40.2 Å². The maximum atomic E-state index is 13.9. The molecule has 216 valence electrons. The average Bonchev–Trinajstić information content (AvgIpc) is 3.56. The number of amides is 2. The Balaban J connectivity index is 1.45. The van der Waals surface area contributed by atoms with Crippen LogP contribution in [-0.2, 0) is 14.3 Å². The molecule has 0 spiro atoms. The fourth-order valence-corrected chi connectivity index (χ4v) is 6.27. The molecule has 3 aliphatic rings. The van der Waals surface area contributed by atoms with Crippen molar-refractivity contribution in [3.05, 3.63) is 124 Å². The molecule has 0 saturated carbocycles. The Morgan fingerprint density at radius 1 is 1.00 bits per heavy atom. The highest BCUT2D eigenvalue weighted by Gasteiger charge is 2.48. The Bertz CT molecular complexity index is 1720. The number of thioether (sulfide) groups is 1. The minimum Gasteiger partial charge on any atom is -0.462 e. The summed E-state index contributed by atoms with van der Waals surface area (Å²) in [6.07, 6.45) is 0. The first kappa shape index (κ1) is 28.4. The van der Waals surface area contributed by atoms with Gasteiger partial charge in [0.15, 0.2) is 5.17 Å². The van der Waals surface area contributed by atoms with Crippen molar-refractivity contribution in [2.45, 2.75) is 19.9 Å². The van der Waals surface area contributed by atoms with Gasteiger partial charge in [-0.2, -0.15) is 10.1 Å². The molecule has 3 aromatic rings. The van der Waals surface area contributed by atoms with E-state index in [1.165, 1.54) is 16.8 Å². The van der Waals surface area contributed by atoms with Crippen molar-refractivity contribution in [3.8, 4) is 0 Å². The van der Waals surface area contributed by atoms with E-state index in [0.29, 0.717) is 38.4 Å². The maximum absolute atomic E-state index is 13.9. The fourth-order valence-electron chi connectivity index (χ4n) is 5.20. The summed E-state index contributed by atoms with van der Waals surface area (Å²) in [5.74, 6) is -1.93. The highest BCUT2D eigenvalue weighted by atomic mass is 35.5. The predicted octanol–water partition coefficient (Wildman–Crippen LogP) is 5.88. The molecular formula is C32H26ClN5O4S. The molecule has 43 heavy (non-hydrogen) atoms. The second kappa shape index (κ2) is 11.9. The van der Waals surface area contributed by atoms with Crippen LogP contribution in [0.25, 0.3) is 0 Å². The van der Waals surface area contributed by atoms with Crippen LogP contribution >= 0.6 is 23.4 Å². The number of fused-ring (bicyclic) bond motifs is 1. The number of benzene rings is 3. The van der Waals surface area contributed by atoms with E-state index in [9.17, 15) is 14.4 Å². The lowest BCUT2D eigenvalue weighted by Gasteiger charge is -2.37. The van der Waals surface area contributed by atoms with Crippen LogP contribution < -0.4 is 10.3 Å². The summed E-state index contributed by atoms with van der Waals surface area (Å²) in [7, 11) is 0. The van der Waals surface area contributed by atoms with Crippen molar-refractivity contribution >= 4 is 57.7 Å². The molecule has 9 nitrogen and oxygen atoms in total. The van der Waals surface area contributed by atoms with Crippen LogP contribution in [0, 0.1) is 5.92 Å². The molecule has 3 aliphatic heterocycles. The Kier molecular flexibility index (Phi) is 7.88. The van der Waals surface area contributed by atoms with Crippen molar-refractivity contribution in [3.63, 3.8) is 0 Å². The van der Waals surface area contributed by atoms with Crippen molar-refractivity contribution in [2.24, 2.45) is 16.0 Å². The number of amidine groups is 1. The summed E-state index contributed by atoms with van der Waals surface area (Å²) < 4.78 is 5.51. The molecule has 0 aromatic heterocycles. The number of ether oxygens (including phenoxy) is 1. The number of anilines is 1. The second-order valence-corrected chi connectivity index (χ2v) is 11.1. The van der Waals surface area contributed by atoms with E-state index >= 15 is 0 Å². The first-order chi connectivity index (χ1) is 20.9. The molecule has 0 radical (unpaired) electrons. The van der Waals surface area contributed by atoms with Gasteiger partial charge in [0, 0.05) is 16.3 Å². The summed E-state index contributed by atoms with van der Waals surface area (Å²) in [4.78, 5) is 47.4. The highest BCUT2D eigenvalue weighted by molar-refractivity contribution is 8.16. The van der Waals surface area contributed by atoms with E-state index in [2.05, 4.69) is 10.4 Å². The number of para-hydroxylation sites is 1. The van der Waals surface area contributed by atoms with E-state index in [-0.39, 0.29) is 23.9 Å². The van der Waals surface area contributed by atoms with Gasteiger partial charge >= 0.3 is 5.97 Å². The van der Waals surface area contributed by atoms with E-state index in [4.69, 9.17) is 21.3 Å². The number of aliphatic imine (C=N–C) groups is 1. The van der Waals surface area contributed by atoms with Gasteiger partial charge < -0.3 is 15.0 Å². The van der Waals surface area contributed by atoms with Crippen molar-refractivity contribution in [1.82, 2.24) is 10.2 Å². The third-order valence-corrected chi connectivity index (χ3v) is 8.25. The smallest absolute Gasteiger partial charge is 0.340 e. The predicted molar refractivity (Wildman–Crippen MR) is 167 cm³/mol. The van der Waals surface area contributed by atoms with Crippen LogP contribution in [0.5, 0.6) is 0 Å². The number of carbonyl (C=O) groups excluding carboxylic acids is 3. The molecule has 1 N–H and O–H groups in total. The normalized spacial score (nSPS) is 19.5. The number of carbonyl (C=O) groups is 3. The first-order valence-corrected chi connectivity index (χ1v) is 14.8. The Morgan fingerprint density at radius 2 is 1.67 bits per heavy atom. The number of nitrogens with one attached hydrogen (secondary N) is 1. The van der Waals surface area contributed by atoms with Crippen LogP contribution in [0.3, 0.4) is 0 Å². The van der Waals surface area contributed by atoms with Gasteiger partial charge in [-0.3, -0.25) is 9.59 Å². The van der Waals surface area contributed by atoms with Gasteiger partial charge in [-0.15, -0.1) is 0 Å². The lowest BCUT2D eigenvalue weighted by molar-refractivity contribution is -0.139. The number of rotatable bonds is 7. The molecule has 2 amide bonds. The van der Waals surface area contributed by atoms with Crippen LogP contribution in [0.2, 0.25) is 5.02 Å². The third-order valence-electron chi connectivity index (χ3n) is 7.14. The zero-order chi connectivity index (χ0) is 30.1. The summed E-state index contributed by atoms with van der Waals surface area (Å²) in [5.41, 5.74) is 3.10. The molecule has 2 unspecified atom stereocenters. The minimum atomic E-state index is -0.789. The van der Waals surface area contributed by atoms with Gasteiger partial charge in [0.05, 0.1) is 24.0 Å². The molecule has 3 aromatic carbocycles. The van der Waals surface area contributed by atoms with Crippen LogP contribution in [0.1, 0.15) is 35.8 Å². The van der Waals surface area contributed by atoms with Gasteiger partial charge in [-0.05, 0) is 61.2 Å². The summed E-state index contributed by atoms with van der Waals surface area (Å²) >= 11 is 7.54. The van der Waals surface area contributed by atoms with Crippen LogP contribution in [0.15, 0.2) is 118 Å². The molecule has 6 rings (SSSR count). The van der Waals surface area contributed by atoms with Gasteiger partial charge in [0.1, 0.15) is 17.3 Å². The van der Waals surface area contributed by atoms with Crippen molar-refractivity contribution in [2.75, 3.05) is 11.6 Å². The van der Waals surface area contributed by atoms with Crippen LogP contribution in [0.4, 0.5) is 5.69 Å². The zero-order valence-electron chi connectivity index (χ0n) is 23.2. The highest BCUT2D eigenvalue weighted by Crippen LogP contribution is 2.47. The summed E-state index contributed by atoms with van der Waals surface area (Å²) in [6.45, 7) is 3.63. The molecule has 0 fully saturated rings. The Labute approximate surface area is 257 Å². The van der Waals surface area contributed by atoms with Crippen molar-refractivity contribution in [1.29, 1.82) is 0 Å². The largest absolute Gasteiger partial charge is 0.462 e. The lowest BCUT2D eigenvalue weighted by atomic mass is 9.92. The number of esters is 1. The Hall–Kier alpha value is -4.67. The molecule has 0 bridgehead atoms. The monoisotopic (exact) mass is 611 g/mol. The summed E-state index contributed by atoms with van der Waals surface area (Å²) in [5, 5.41) is 11.7. The van der Waals surface area contributed by atoms with Crippen molar-refractivity contribution < 1.29 is 19.1 Å². The molecule has 2 atom stereocenters. The maximum Gasteiger partial charge on any atom is 0.340 e. The number of halogens is 1. The van der Waals surface area contributed by atoms with Gasteiger partial charge in [-0.25, -0.2) is 9.79 Å². The zero-order valence-corrected chi connectivity index (χ0v) is 24.8. The van der Waals surface area contributed by atoms with E-state index in [1.54, 1.807) is 62.4 Å². The second-order valence-electron chi connectivity index (χ2n) is 9.84. The number of hydrogen-bond acceptors (Lipinski definition) is 8. The Morgan fingerprint density at radius 3 is 2.35 bits per heavy atom. The quantitative estimate of drug-likeness (QED) is 0.335. The SMILES string of the molecule is CCOC(=O)C1=C(NC(=O)c2ccccc2)N=C2SC=C(C3C(=O)N(c4ccccc4)N=C3C)N2C1c1ccc(Cl)cc1. The summed E-state index contributed by atoms with van der Waals surface area (Å²) in [6, 6.07) is 24.2. The molecular weight excluding hydrogens is 586 g/mol. The average molecular weight is 612 g/mol. The van der Waals surface area contributed by atoms with Gasteiger partial charge in [-0.1, -0.05) is 71.9 Å². The first-order valence-electron chi connectivity index (χ1n) is 13.6. The number of nitrogens with zero attached hydrogens (tertiary/aromatic N) is 4. The lowest BCUT2D eigenvalue weighted by Crippen LogP contribution is -2.43. The minimum absolute atomic E-state index is 0.0784. The topological polar surface area (TPSA) is 104 Å². The molecule has 0 aliphatic carbocycles. The van der Waals surface area contributed by atoms with E-state index < -0.39 is 23.8 Å². The molecule has 11 heteroatoms. The van der Waals surface area contributed by atoms with E-state index in [0.717, 1.165) is 0 Å². The van der Waals surface area contributed by atoms with Gasteiger partial charge in [0.25, 0.3) is 11.8 Å². The number of hydrogen-bond donors (Lipinski definition) is 1.